The summed E-state index contributed by atoms with van der Waals surface area (Å²) in [6, 6.07) is 27.8. The molecule has 0 aliphatic carbocycles. The molecule has 0 amide bonds. The summed E-state index contributed by atoms with van der Waals surface area (Å²) in [5.41, 5.74) is 3.49. The number of hydroxylamine groups is 2. The minimum atomic E-state index is -0.465. The van der Waals surface area contributed by atoms with Crippen molar-refractivity contribution in [3.05, 3.63) is 90.5 Å². The molecule has 30 heavy (non-hydrogen) atoms. The Morgan fingerprint density at radius 1 is 0.667 bits per heavy atom. The molecule has 1 heterocycles. The second-order valence-corrected chi connectivity index (χ2v) is 9.38. The summed E-state index contributed by atoms with van der Waals surface area (Å²) < 4.78 is 0. The maximum absolute atomic E-state index is 13.0. The Morgan fingerprint density at radius 2 is 1.17 bits per heavy atom. The SMILES string of the molecule is CC1(C)C=C(c2ccc(-c3c4ccccc4cc4ccccc34)cc2)N([O])C1(C)C. The van der Waals surface area contributed by atoms with Gasteiger partial charge in [0.2, 0.25) is 0 Å². The van der Waals surface area contributed by atoms with E-state index in [0.29, 0.717) is 0 Å². The van der Waals surface area contributed by atoms with E-state index in [1.165, 1.54) is 37.7 Å². The molecule has 0 N–H and O–H groups in total. The summed E-state index contributed by atoms with van der Waals surface area (Å²) >= 11 is 0. The first kappa shape index (κ1) is 18.9. The monoisotopic (exact) mass is 392 g/mol. The van der Waals surface area contributed by atoms with Crippen LogP contribution >= 0.6 is 0 Å². The third-order valence-corrected chi connectivity index (χ3v) is 7.04. The number of nitrogens with zero attached hydrogens (tertiary/aromatic N) is 1. The van der Waals surface area contributed by atoms with E-state index in [1.807, 2.05) is 13.8 Å². The maximum Gasteiger partial charge on any atom is 0.0734 e. The van der Waals surface area contributed by atoms with E-state index in [4.69, 9.17) is 0 Å². The summed E-state index contributed by atoms with van der Waals surface area (Å²) in [4.78, 5) is 0. The topological polar surface area (TPSA) is 23.1 Å². The third kappa shape index (κ3) is 2.68. The summed E-state index contributed by atoms with van der Waals surface area (Å²) in [6.45, 7) is 8.28. The van der Waals surface area contributed by atoms with Gasteiger partial charge in [-0.2, -0.15) is 0 Å². The van der Waals surface area contributed by atoms with E-state index in [2.05, 4.69) is 98.8 Å². The van der Waals surface area contributed by atoms with Crippen molar-refractivity contribution in [3.63, 3.8) is 0 Å². The van der Waals surface area contributed by atoms with Gasteiger partial charge in [-0.3, -0.25) is 0 Å². The Morgan fingerprint density at radius 3 is 1.67 bits per heavy atom. The van der Waals surface area contributed by atoms with Gasteiger partial charge in [0.25, 0.3) is 0 Å². The van der Waals surface area contributed by atoms with E-state index in [0.717, 1.165) is 11.3 Å². The molecule has 0 saturated heterocycles. The normalized spacial score (nSPS) is 17.5. The highest BCUT2D eigenvalue weighted by Crippen LogP contribution is 2.48. The Balaban J connectivity index is 1.66. The molecule has 0 spiro atoms. The number of hydrogen-bond donors (Lipinski definition) is 0. The molecule has 1 aliphatic heterocycles. The van der Waals surface area contributed by atoms with Crippen LogP contribution in [0.15, 0.2) is 84.9 Å². The van der Waals surface area contributed by atoms with Crippen LogP contribution in [0.25, 0.3) is 38.4 Å². The Labute approximate surface area is 178 Å². The largest absolute Gasteiger partial charge is 0.214 e. The van der Waals surface area contributed by atoms with Gasteiger partial charge in [-0.15, -0.1) is 0 Å². The lowest BCUT2D eigenvalue weighted by Gasteiger charge is -2.37. The first-order valence-corrected chi connectivity index (χ1v) is 10.5. The molecule has 4 aromatic rings. The van der Waals surface area contributed by atoms with Gasteiger partial charge in [-0.05, 0) is 58.7 Å². The molecule has 2 heteroatoms. The fourth-order valence-electron chi connectivity index (χ4n) is 4.47. The molecular weight excluding hydrogens is 366 g/mol. The van der Waals surface area contributed by atoms with Gasteiger partial charge >= 0.3 is 0 Å². The van der Waals surface area contributed by atoms with Crippen LogP contribution in [0.1, 0.15) is 33.3 Å². The number of hydrogen-bond acceptors (Lipinski definition) is 1. The van der Waals surface area contributed by atoms with Gasteiger partial charge < -0.3 is 0 Å². The molecule has 4 aromatic carbocycles. The number of fused-ring (bicyclic) bond motifs is 2. The van der Waals surface area contributed by atoms with Gasteiger partial charge in [0, 0.05) is 11.0 Å². The lowest BCUT2D eigenvalue weighted by Crippen LogP contribution is -2.44. The minimum Gasteiger partial charge on any atom is -0.214 e. The second-order valence-electron chi connectivity index (χ2n) is 9.38. The highest BCUT2D eigenvalue weighted by atomic mass is 16.5. The van der Waals surface area contributed by atoms with Gasteiger partial charge in [0.1, 0.15) is 0 Å². The zero-order valence-corrected chi connectivity index (χ0v) is 17.9. The van der Waals surface area contributed by atoms with Crippen molar-refractivity contribution in [3.8, 4) is 11.1 Å². The maximum atomic E-state index is 13.0. The molecule has 0 aromatic heterocycles. The first-order valence-electron chi connectivity index (χ1n) is 10.5. The predicted molar refractivity (Wildman–Crippen MR) is 125 cm³/mol. The van der Waals surface area contributed by atoms with Gasteiger partial charge in [0.05, 0.1) is 11.2 Å². The number of rotatable bonds is 2. The van der Waals surface area contributed by atoms with Crippen molar-refractivity contribution in [1.29, 1.82) is 0 Å². The lowest BCUT2D eigenvalue weighted by molar-refractivity contribution is -0.178. The highest BCUT2D eigenvalue weighted by Gasteiger charge is 2.48. The molecule has 2 nitrogen and oxygen atoms in total. The van der Waals surface area contributed by atoms with Crippen LogP contribution < -0.4 is 0 Å². The van der Waals surface area contributed by atoms with Crippen LogP contribution in [0.5, 0.6) is 0 Å². The van der Waals surface area contributed by atoms with Crippen molar-refractivity contribution < 1.29 is 5.21 Å². The summed E-state index contributed by atoms with van der Waals surface area (Å²) in [5.74, 6) is 0. The molecule has 0 saturated carbocycles. The molecule has 0 atom stereocenters. The van der Waals surface area contributed by atoms with Crippen LogP contribution in [0.2, 0.25) is 0 Å². The van der Waals surface area contributed by atoms with Gasteiger partial charge in [0.15, 0.2) is 0 Å². The smallest absolute Gasteiger partial charge is 0.0734 e. The third-order valence-electron chi connectivity index (χ3n) is 7.04. The Bertz CT molecular complexity index is 1240. The van der Waals surface area contributed by atoms with Crippen LogP contribution in [0, 0.1) is 5.41 Å². The standard InChI is InChI=1S/C28H26NO/c1-27(2)18-25(29(30)28(27,3)4)19-13-15-20(16-14-19)26-23-11-7-5-9-21(23)17-22-10-6-8-12-24(22)26/h5-18H,1-4H3. The van der Waals surface area contributed by atoms with Crippen molar-refractivity contribution in [2.24, 2.45) is 5.41 Å². The van der Waals surface area contributed by atoms with Crippen LogP contribution in [0.3, 0.4) is 0 Å². The predicted octanol–water partition coefficient (Wildman–Crippen LogP) is 7.47. The first-order chi connectivity index (χ1) is 14.3. The zero-order valence-electron chi connectivity index (χ0n) is 17.9. The zero-order chi connectivity index (χ0) is 21.1. The Hall–Kier alpha value is -3.10. The fraction of sp³-hybridized carbons (Fsp3) is 0.214. The molecule has 0 fully saturated rings. The molecule has 5 rings (SSSR count). The minimum absolute atomic E-state index is 0.186. The van der Waals surface area contributed by atoms with Crippen LogP contribution in [-0.4, -0.2) is 10.6 Å². The lowest BCUT2D eigenvalue weighted by atomic mass is 9.77. The van der Waals surface area contributed by atoms with E-state index in [-0.39, 0.29) is 5.41 Å². The highest BCUT2D eigenvalue weighted by molar-refractivity contribution is 6.12. The quantitative estimate of drug-likeness (QED) is 0.325. The van der Waals surface area contributed by atoms with E-state index in [9.17, 15) is 5.21 Å². The van der Waals surface area contributed by atoms with Crippen LogP contribution in [-0.2, 0) is 5.21 Å². The molecule has 0 bridgehead atoms. The molecule has 149 valence electrons. The van der Waals surface area contributed by atoms with Crippen molar-refractivity contribution >= 4 is 27.2 Å². The van der Waals surface area contributed by atoms with Gasteiger partial charge in [-0.25, -0.2) is 5.06 Å². The van der Waals surface area contributed by atoms with Gasteiger partial charge in [-0.1, -0.05) is 91.9 Å². The molecule has 1 aliphatic rings. The summed E-state index contributed by atoms with van der Waals surface area (Å²) in [7, 11) is 0. The summed E-state index contributed by atoms with van der Waals surface area (Å²) in [5, 5.41) is 19.1. The average molecular weight is 393 g/mol. The fourth-order valence-corrected chi connectivity index (χ4v) is 4.47. The molecule has 1 radical (unpaired) electrons. The van der Waals surface area contributed by atoms with Crippen molar-refractivity contribution in [2.45, 2.75) is 33.2 Å². The summed E-state index contributed by atoms with van der Waals surface area (Å²) in [6.07, 6.45) is 2.11. The van der Waals surface area contributed by atoms with E-state index >= 15 is 0 Å². The number of benzene rings is 4. The molecule has 0 unspecified atom stereocenters. The van der Waals surface area contributed by atoms with Crippen LogP contribution in [0.4, 0.5) is 0 Å². The second kappa shape index (κ2) is 6.45. The molecular formula is C28H26NO. The van der Waals surface area contributed by atoms with E-state index in [1.54, 1.807) is 0 Å². The average Bonchev–Trinajstić information content (AvgIpc) is 2.91. The Kier molecular flexibility index (Phi) is 4.06. The van der Waals surface area contributed by atoms with Crippen molar-refractivity contribution in [1.82, 2.24) is 5.06 Å². The van der Waals surface area contributed by atoms with E-state index < -0.39 is 5.54 Å². The van der Waals surface area contributed by atoms with Crippen molar-refractivity contribution in [2.75, 3.05) is 0 Å².